The van der Waals surface area contributed by atoms with E-state index in [1.165, 1.54) is 0 Å². The van der Waals surface area contributed by atoms with Gasteiger partial charge < -0.3 is 20.1 Å². The Hall–Kier alpha value is -0.650. The van der Waals surface area contributed by atoms with E-state index in [1.807, 2.05) is 0 Å². The molecule has 2 N–H and O–H groups in total. The summed E-state index contributed by atoms with van der Waals surface area (Å²) in [6.45, 7) is 8.06. The third-order valence-corrected chi connectivity index (χ3v) is 3.25. The summed E-state index contributed by atoms with van der Waals surface area (Å²) in [4.78, 5) is 11.5. The topological polar surface area (TPSA) is 59.6 Å². The maximum Gasteiger partial charge on any atom is 0.220 e. The van der Waals surface area contributed by atoms with E-state index in [9.17, 15) is 4.79 Å². The summed E-state index contributed by atoms with van der Waals surface area (Å²) in [5.74, 6) is 0.134. The molecular weight excluding hydrogens is 256 g/mol. The summed E-state index contributed by atoms with van der Waals surface area (Å²) in [7, 11) is 0. The molecule has 1 fully saturated rings. The normalized spacial score (nSPS) is 18.6. The van der Waals surface area contributed by atoms with Gasteiger partial charge in [0.2, 0.25) is 5.91 Å². The Morgan fingerprint density at radius 3 is 2.90 bits per heavy atom. The maximum absolute atomic E-state index is 11.5. The third-order valence-electron chi connectivity index (χ3n) is 3.25. The highest BCUT2D eigenvalue weighted by Gasteiger charge is 2.14. The summed E-state index contributed by atoms with van der Waals surface area (Å²) in [6.07, 6.45) is 4.90. The fourth-order valence-electron chi connectivity index (χ4n) is 2.12. The highest BCUT2D eigenvalue weighted by Crippen LogP contribution is 2.11. The van der Waals surface area contributed by atoms with Gasteiger partial charge in [-0.1, -0.05) is 13.8 Å². The molecule has 1 aliphatic heterocycles. The maximum atomic E-state index is 11.5. The first-order valence-corrected chi connectivity index (χ1v) is 7.88. The molecule has 0 radical (unpaired) electrons. The van der Waals surface area contributed by atoms with Crippen LogP contribution in [-0.4, -0.2) is 51.0 Å². The number of ether oxygens (including phenoxy) is 2. The molecule has 1 atom stereocenters. The van der Waals surface area contributed by atoms with Gasteiger partial charge in [0.1, 0.15) is 0 Å². The van der Waals surface area contributed by atoms with Crippen LogP contribution in [0.4, 0.5) is 0 Å². The molecule has 0 aromatic carbocycles. The van der Waals surface area contributed by atoms with Crippen LogP contribution in [0.25, 0.3) is 0 Å². The van der Waals surface area contributed by atoms with Crippen LogP contribution in [0.15, 0.2) is 0 Å². The van der Waals surface area contributed by atoms with Crippen molar-refractivity contribution in [3.05, 3.63) is 0 Å². The molecule has 1 unspecified atom stereocenters. The number of carbonyl (C=O) groups excluding carboxylic acids is 1. The van der Waals surface area contributed by atoms with E-state index in [1.54, 1.807) is 0 Å². The van der Waals surface area contributed by atoms with E-state index in [0.717, 1.165) is 38.8 Å². The quantitative estimate of drug-likeness (QED) is 0.565. The number of rotatable bonds is 11. The van der Waals surface area contributed by atoms with E-state index in [0.29, 0.717) is 32.2 Å². The minimum atomic E-state index is 0.134. The lowest BCUT2D eigenvalue weighted by Gasteiger charge is -2.10. The zero-order valence-electron chi connectivity index (χ0n) is 13.0. The minimum absolute atomic E-state index is 0.134. The summed E-state index contributed by atoms with van der Waals surface area (Å²) in [5.41, 5.74) is 0. The van der Waals surface area contributed by atoms with Gasteiger partial charge in [0.15, 0.2) is 0 Å². The second-order valence-corrected chi connectivity index (χ2v) is 5.63. The molecule has 5 nitrogen and oxygen atoms in total. The van der Waals surface area contributed by atoms with E-state index in [4.69, 9.17) is 9.47 Å². The van der Waals surface area contributed by atoms with Gasteiger partial charge >= 0.3 is 0 Å². The summed E-state index contributed by atoms with van der Waals surface area (Å²) in [5, 5.41) is 6.22. The lowest BCUT2D eigenvalue weighted by atomic mass is 10.2. The Morgan fingerprint density at radius 1 is 1.35 bits per heavy atom. The Morgan fingerprint density at radius 2 is 2.20 bits per heavy atom. The molecule has 5 heteroatoms. The van der Waals surface area contributed by atoms with Crippen LogP contribution in [-0.2, 0) is 14.3 Å². The molecule has 118 valence electrons. The molecule has 0 bridgehead atoms. The fraction of sp³-hybridized carbons (Fsp3) is 0.933. The van der Waals surface area contributed by atoms with Crippen molar-refractivity contribution >= 4 is 5.91 Å². The average molecular weight is 286 g/mol. The second-order valence-electron chi connectivity index (χ2n) is 5.63. The predicted octanol–water partition coefficient (Wildman–Crippen LogP) is 1.47. The van der Waals surface area contributed by atoms with Crippen molar-refractivity contribution in [1.29, 1.82) is 0 Å². The second kappa shape index (κ2) is 11.1. The van der Waals surface area contributed by atoms with E-state index in [-0.39, 0.29) is 12.0 Å². The zero-order chi connectivity index (χ0) is 14.6. The summed E-state index contributed by atoms with van der Waals surface area (Å²) < 4.78 is 11.0. The van der Waals surface area contributed by atoms with Gasteiger partial charge in [-0.05, 0) is 32.2 Å². The molecule has 0 aliphatic carbocycles. The fourth-order valence-corrected chi connectivity index (χ4v) is 2.12. The first-order valence-electron chi connectivity index (χ1n) is 7.88. The molecular formula is C15H30N2O3. The first kappa shape index (κ1) is 17.4. The molecule has 0 spiro atoms. The monoisotopic (exact) mass is 286 g/mol. The van der Waals surface area contributed by atoms with Crippen molar-refractivity contribution in [1.82, 2.24) is 10.6 Å². The van der Waals surface area contributed by atoms with E-state index >= 15 is 0 Å². The Balaban J connectivity index is 1.81. The minimum Gasteiger partial charge on any atom is -0.379 e. The SMILES string of the molecule is CC(C)NCCCC(=O)NCCCOCC1CCCO1. The number of nitrogens with one attached hydrogen (secondary N) is 2. The molecule has 1 amide bonds. The number of hydrogen-bond donors (Lipinski definition) is 2. The molecule has 0 saturated carbocycles. The van der Waals surface area contributed by atoms with Crippen LogP contribution in [0.5, 0.6) is 0 Å². The highest BCUT2D eigenvalue weighted by atomic mass is 16.5. The van der Waals surface area contributed by atoms with Crippen LogP contribution in [0, 0.1) is 0 Å². The van der Waals surface area contributed by atoms with Crippen molar-refractivity contribution in [2.75, 3.05) is 32.9 Å². The van der Waals surface area contributed by atoms with Gasteiger partial charge in [0.25, 0.3) is 0 Å². The van der Waals surface area contributed by atoms with Crippen LogP contribution in [0.1, 0.15) is 46.0 Å². The van der Waals surface area contributed by atoms with Crippen LogP contribution in [0.3, 0.4) is 0 Å². The van der Waals surface area contributed by atoms with Crippen molar-refractivity contribution in [2.45, 2.75) is 58.1 Å². The summed E-state index contributed by atoms with van der Waals surface area (Å²) in [6, 6.07) is 0.485. The third kappa shape index (κ3) is 9.28. The molecule has 20 heavy (non-hydrogen) atoms. The van der Waals surface area contributed by atoms with E-state index in [2.05, 4.69) is 24.5 Å². The first-order chi connectivity index (χ1) is 9.68. The molecule has 1 rings (SSSR count). The molecule has 1 saturated heterocycles. The molecule has 1 aliphatic rings. The molecule has 0 aromatic heterocycles. The molecule has 0 aromatic rings. The highest BCUT2D eigenvalue weighted by molar-refractivity contribution is 5.75. The zero-order valence-corrected chi connectivity index (χ0v) is 13.0. The lowest BCUT2D eigenvalue weighted by Crippen LogP contribution is -2.28. The number of carbonyl (C=O) groups is 1. The van der Waals surface area contributed by atoms with Gasteiger partial charge in [-0.3, -0.25) is 4.79 Å². The predicted molar refractivity (Wildman–Crippen MR) is 79.8 cm³/mol. The van der Waals surface area contributed by atoms with Gasteiger partial charge in [-0.25, -0.2) is 0 Å². The van der Waals surface area contributed by atoms with Crippen LogP contribution in [0.2, 0.25) is 0 Å². The largest absolute Gasteiger partial charge is 0.379 e. The average Bonchev–Trinajstić information content (AvgIpc) is 2.91. The summed E-state index contributed by atoms with van der Waals surface area (Å²) >= 11 is 0. The van der Waals surface area contributed by atoms with Gasteiger partial charge in [0, 0.05) is 32.2 Å². The Bertz CT molecular complexity index is 254. The van der Waals surface area contributed by atoms with Crippen molar-refractivity contribution < 1.29 is 14.3 Å². The Kier molecular flexibility index (Phi) is 9.62. The standard InChI is InChI=1S/C15H30N2O3/c1-13(2)16-8-3-7-15(18)17-9-5-10-19-12-14-6-4-11-20-14/h13-14,16H,3-12H2,1-2H3,(H,17,18). The van der Waals surface area contributed by atoms with Gasteiger partial charge in [0.05, 0.1) is 12.7 Å². The van der Waals surface area contributed by atoms with Crippen molar-refractivity contribution in [3.63, 3.8) is 0 Å². The number of hydrogen-bond acceptors (Lipinski definition) is 4. The lowest BCUT2D eigenvalue weighted by molar-refractivity contribution is -0.121. The molecule has 1 heterocycles. The van der Waals surface area contributed by atoms with Crippen molar-refractivity contribution in [3.8, 4) is 0 Å². The number of amides is 1. The van der Waals surface area contributed by atoms with E-state index < -0.39 is 0 Å². The van der Waals surface area contributed by atoms with Crippen LogP contribution >= 0.6 is 0 Å². The van der Waals surface area contributed by atoms with Crippen LogP contribution < -0.4 is 10.6 Å². The van der Waals surface area contributed by atoms with Gasteiger partial charge in [-0.2, -0.15) is 0 Å². The smallest absolute Gasteiger partial charge is 0.220 e. The van der Waals surface area contributed by atoms with Crippen molar-refractivity contribution in [2.24, 2.45) is 0 Å². The Labute approximate surface area is 122 Å². The van der Waals surface area contributed by atoms with Gasteiger partial charge in [-0.15, -0.1) is 0 Å².